The Balaban J connectivity index is 2.44. The van der Waals surface area contributed by atoms with Gasteiger partial charge in [-0.3, -0.25) is 5.41 Å². The van der Waals surface area contributed by atoms with Crippen LogP contribution in [0.1, 0.15) is 27.2 Å². The number of rotatable bonds is 5. The normalized spacial score (nSPS) is 19.6. The van der Waals surface area contributed by atoms with Crippen molar-refractivity contribution in [3.63, 3.8) is 0 Å². The minimum atomic E-state index is -0.478. The third kappa shape index (κ3) is 3.32. The van der Waals surface area contributed by atoms with Crippen molar-refractivity contribution in [3.8, 4) is 0 Å². The molecule has 0 spiro atoms. The molecule has 2 rings (SSSR count). The van der Waals surface area contributed by atoms with Crippen LogP contribution in [0, 0.1) is 22.1 Å². The first kappa shape index (κ1) is 16.1. The Morgan fingerprint density at radius 3 is 2.23 bits per heavy atom. The average molecular weight is 296 g/mol. The molecule has 2 atom stereocenters. The van der Waals surface area contributed by atoms with E-state index < -0.39 is 6.04 Å². The maximum absolute atomic E-state index is 8.28. The summed E-state index contributed by atoms with van der Waals surface area (Å²) in [7, 11) is 0. The fourth-order valence-electron chi connectivity index (χ4n) is 3.00. The molecule has 0 aromatic heterocycles. The first-order valence-corrected chi connectivity index (χ1v) is 7.69. The molecule has 2 unspecified atom stereocenters. The van der Waals surface area contributed by atoms with Crippen molar-refractivity contribution in [2.24, 2.45) is 5.92 Å². The average Bonchev–Trinajstić information content (AvgIpc) is 2.47. The van der Waals surface area contributed by atoms with E-state index in [0.29, 0.717) is 11.6 Å². The Morgan fingerprint density at radius 2 is 1.64 bits per heavy atom. The quantitative estimate of drug-likeness (QED) is 0.756. The van der Waals surface area contributed by atoms with Gasteiger partial charge in [-0.25, -0.2) is 0 Å². The Labute approximate surface area is 132 Å². The molecule has 0 saturated carbocycles. The smallest absolute Gasteiger partial charge is 0.115 e. The number of para-hydroxylation sites is 1. The van der Waals surface area contributed by atoms with Crippen molar-refractivity contribution in [2.75, 3.05) is 4.90 Å². The molecular formula is C18H24N4. The molecule has 4 nitrogen and oxygen atoms in total. The first-order valence-electron chi connectivity index (χ1n) is 7.69. The van der Waals surface area contributed by atoms with Crippen LogP contribution in [0.5, 0.6) is 0 Å². The van der Waals surface area contributed by atoms with E-state index in [1.807, 2.05) is 30.3 Å². The Kier molecular flexibility index (Phi) is 4.91. The van der Waals surface area contributed by atoms with Gasteiger partial charge in [0.25, 0.3) is 0 Å². The van der Waals surface area contributed by atoms with Crippen molar-refractivity contribution < 1.29 is 0 Å². The van der Waals surface area contributed by atoms with Crippen LogP contribution in [0.25, 0.3) is 0 Å². The number of hydrogen-bond donors (Lipinski definition) is 3. The summed E-state index contributed by atoms with van der Waals surface area (Å²) in [6.45, 7) is 6.49. The van der Waals surface area contributed by atoms with Gasteiger partial charge in [0.2, 0.25) is 0 Å². The van der Waals surface area contributed by atoms with Crippen molar-refractivity contribution in [3.05, 3.63) is 42.5 Å². The van der Waals surface area contributed by atoms with E-state index in [1.54, 1.807) is 6.08 Å². The van der Waals surface area contributed by atoms with E-state index in [9.17, 15) is 0 Å². The number of nitrogens with zero attached hydrogens (tertiary/aromatic N) is 1. The highest BCUT2D eigenvalue weighted by molar-refractivity contribution is 6.53. The van der Waals surface area contributed by atoms with Crippen LogP contribution in [0.4, 0.5) is 5.69 Å². The molecule has 0 heterocycles. The lowest BCUT2D eigenvalue weighted by Crippen LogP contribution is -2.53. The van der Waals surface area contributed by atoms with Gasteiger partial charge in [0.1, 0.15) is 6.04 Å². The molecule has 3 N–H and O–H groups in total. The summed E-state index contributed by atoms with van der Waals surface area (Å²) in [5, 5.41) is 24.5. The monoisotopic (exact) mass is 296 g/mol. The zero-order valence-corrected chi connectivity index (χ0v) is 13.4. The van der Waals surface area contributed by atoms with Crippen LogP contribution in [-0.4, -0.2) is 29.2 Å². The van der Waals surface area contributed by atoms with E-state index in [2.05, 4.69) is 25.7 Å². The molecule has 0 bridgehead atoms. The van der Waals surface area contributed by atoms with Crippen molar-refractivity contribution in [1.29, 1.82) is 16.2 Å². The minimum Gasteiger partial charge on any atom is -0.355 e. The lowest BCUT2D eigenvalue weighted by molar-refractivity contribution is 0.491. The van der Waals surface area contributed by atoms with Crippen LogP contribution < -0.4 is 4.90 Å². The maximum Gasteiger partial charge on any atom is 0.115 e. The van der Waals surface area contributed by atoms with Gasteiger partial charge in [-0.1, -0.05) is 32.0 Å². The molecule has 4 heteroatoms. The molecule has 0 aliphatic heterocycles. The van der Waals surface area contributed by atoms with Gasteiger partial charge in [-0.15, -0.1) is 0 Å². The zero-order chi connectivity index (χ0) is 16.3. The van der Waals surface area contributed by atoms with Crippen LogP contribution in [0.3, 0.4) is 0 Å². The second kappa shape index (κ2) is 6.69. The highest BCUT2D eigenvalue weighted by atomic mass is 15.2. The van der Waals surface area contributed by atoms with E-state index in [4.69, 9.17) is 16.2 Å². The predicted molar refractivity (Wildman–Crippen MR) is 93.9 cm³/mol. The third-order valence-electron chi connectivity index (χ3n) is 3.91. The van der Waals surface area contributed by atoms with Gasteiger partial charge in [0.15, 0.2) is 0 Å². The van der Waals surface area contributed by atoms with Crippen LogP contribution in [0.15, 0.2) is 42.5 Å². The predicted octanol–water partition coefficient (Wildman–Crippen LogP) is 3.93. The zero-order valence-electron chi connectivity index (χ0n) is 13.4. The Morgan fingerprint density at radius 1 is 1.00 bits per heavy atom. The second-order valence-electron chi connectivity index (χ2n) is 6.24. The second-order valence-corrected chi connectivity index (χ2v) is 6.24. The molecular weight excluding hydrogens is 272 g/mol. The molecule has 1 aliphatic rings. The van der Waals surface area contributed by atoms with Crippen LogP contribution in [-0.2, 0) is 0 Å². The minimum absolute atomic E-state index is 0.187. The molecule has 22 heavy (non-hydrogen) atoms. The summed E-state index contributed by atoms with van der Waals surface area (Å²) in [6.07, 6.45) is 4.16. The topological polar surface area (TPSA) is 74.8 Å². The Bertz CT molecular complexity index is 601. The van der Waals surface area contributed by atoms with Crippen molar-refractivity contribution in [1.82, 2.24) is 0 Å². The molecule has 0 saturated heterocycles. The fourth-order valence-corrected chi connectivity index (χ4v) is 3.00. The van der Waals surface area contributed by atoms with Gasteiger partial charge in [-0.05, 0) is 43.5 Å². The highest BCUT2D eigenvalue weighted by Gasteiger charge is 2.33. The summed E-state index contributed by atoms with van der Waals surface area (Å²) < 4.78 is 0. The molecule has 1 aromatic carbocycles. The van der Waals surface area contributed by atoms with Crippen molar-refractivity contribution >= 4 is 22.8 Å². The first-order chi connectivity index (χ1) is 10.4. The van der Waals surface area contributed by atoms with E-state index in [0.717, 1.165) is 12.1 Å². The number of hydrogen-bond acceptors (Lipinski definition) is 4. The lowest BCUT2D eigenvalue weighted by atomic mass is 9.91. The van der Waals surface area contributed by atoms with Crippen molar-refractivity contribution in [2.45, 2.75) is 39.3 Å². The van der Waals surface area contributed by atoms with Gasteiger partial charge in [0.05, 0.1) is 17.1 Å². The standard InChI is InChI=1S/C18H24N4/c1-12(2)11-13(3)22(14-7-5-4-6-8-14)18-16(20)10-9-15(19)17(18)21/h4-10,12-13,18-21H,11H2,1-3H3. The largest absolute Gasteiger partial charge is 0.355 e. The molecule has 116 valence electrons. The molecule has 0 fully saturated rings. The maximum atomic E-state index is 8.28. The van der Waals surface area contributed by atoms with Crippen LogP contribution >= 0.6 is 0 Å². The van der Waals surface area contributed by atoms with Gasteiger partial charge >= 0.3 is 0 Å². The van der Waals surface area contributed by atoms with E-state index in [-0.39, 0.29) is 17.5 Å². The van der Waals surface area contributed by atoms with Gasteiger partial charge in [0, 0.05) is 11.7 Å². The summed E-state index contributed by atoms with van der Waals surface area (Å²) in [6, 6.07) is 9.65. The van der Waals surface area contributed by atoms with E-state index in [1.165, 1.54) is 6.08 Å². The van der Waals surface area contributed by atoms with Gasteiger partial charge in [-0.2, -0.15) is 0 Å². The summed E-state index contributed by atoms with van der Waals surface area (Å²) >= 11 is 0. The summed E-state index contributed by atoms with van der Waals surface area (Å²) in [5.41, 5.74) is 1.77. The SMILES string of the molecule is CC(C)CC(C)N(c1ccccc1)C1C(=N)C=CC(=N)C1=N. The van der Waals surface area contributed by atoms with Crippen LogP contribution in [0.2, 0.25) is 0 Å². The number of nitrogens with one attached hydrogen (secondary N) is 3. The summed E-state index contributed by atoms with van der Waals surface area (Å²) in [4.78, 5) is 2.11. The molecule has 0 amide bonds. The highest BCUT2D eigenvalue weighted by Crippen LogP contribution is 2.26. The molecule has 1 aromatic rings. The van der Waals surface area contributed by atoms with E-state index >= 15 is 0 Å². The number of anilines is 1. The molecule has 1 aliphatic carbocycles. The van der Waals surface area contributed by atoms with Gasteiger partial charge < -0.3 is 15.7 Å². The fraction of sp³-hybridized carbons (Fsp3) is 0.389. The third-order valence-corrected chi connectivity index (χ3v) is 3.91. The lowest BCUT2D eigenvalue weighted by Gasteiger charge is -2.40. The number of allylic oxidation sites excluding steroid dienone is 1. The Hall–Kier alpha value is -2.23. The molecule has 0 radical (unpaired) electrons. The summed E-state index contributed by atoms with van der Waals surface area (Å²) in [5.74, 6) is 0.531. The number of benzene rings is 1.